The van der Waals surface area contributed by atoms with Crippen LogP contribution in [0.2, 0.25) is 0 Å². The Balaban J connectivity index is 2.76. The fraction of sp³-hybridized carbons (Fsp3) is 0.250. The van der Waals surface area contributed by atoms with Gasteiger partial charge in [0.15, 0.2) is 5.82 Å². The summed E-state index contributed by atoms with van der Waals surface area (Å²) in [6.45, 7) is 0. The molecule has 0 spiro atoms. The van der Waals surface area contributed by atoms with Crippen molar-refractivity contribution in [1.82, 2.24) is 14.6 Å². The molecule has 2 rings (SSSR count). The van der Waals surface area contributed by atoms with Gasteiger partial charge in [0.1, 0.15) is 11.2 Å². The largest absolute Gasteiger partial charge is 0.459 e. The minimum absolute atomic E-state index is 0.0525. The lowest BCUT2D eigenvalue weighted by molar-refractivity contribution is -0.291. The maximum absolute atomic E-state index is 13.2. The van der Waals surface area contributed by atoms with Gasteiger partial charge < -0.3 is 5.73 Å². The van der Waals surface area contributed by atoms with Crippen molar-refractivity contribution >= 4 is 11.5 Å². The summed E-state index contributed by atoms with van der Waals surface area (Å²) in [7, 11) is 0. The second-order valence-electron chi connectivity index (χ2n) is 3.36. The standard InChI is InChI=1S/C8H4F6N4/c9-3-1-5(7(10,11)8(12,13)14)18-4(3)2-16-6(15)17-18/h1-2H,(H2,15,17). The van der Waals surface area contributed by atoms with Crippen LogP contribution < -0.4 is 5.73 Å². The molecule has 0 bridgehead atoms. The summed E-state index contributed by atoms with van der Waals surface area (Å²) in [5.74, 6) is -7.10. The van der Waals surface area contributed by atoms with Gasteiger partial charge in [-0.3, -0.25) is 0 Å². The first-order chi connectivity index (χ1) is 8.14. The summed E-state index contributed by atoms with van der Waals surface area (Å²) < 4.78 is 76.1. The monoisotopic (exact) mass is 270 g/mol. The molecule has 0 fully saturated rings. The van der Waals surface area contributed by atoms with Gasteiger partial charge in [0, 0.05) is 6.07 Å². The van der Waals surface area contributed by atoms with Gasteiger partial charge in [-0.05, 0) is 0 Å². The van der Waals surface area contributed by atoms with E-state index in [-0.39, 0.29) is 10.6 Å². The number of hydrogen-bond acceptors (Lipinski definition) is 3. The second-order valence-corrected chi connectivity index (χ2v) is 3.36. The molecule has 0 atom stereocenters. The fourth-order valence-electron chi connectivity index (χ4n) is 1.33. The molecule has 0 aromatic carbocycles. The van der Waals surface area contributed by atoms with Crippen molar-refractivity contribution in [3.05, 3.63) is 23.8 Å². The molecule has 98 valence electrons. The number of anilines is 1. The highest BCUT2D eigenvalue weighted by Gasteiger charge is 2.60. The van der Waals surface area contributed by atoms with E-state index in [9.17, 15) is 26.3 Å². The Bertz CT molecular complexity index is 601. The first kappa shape index (κ1) is 12.5. The minimum atomic E-state index is -5.87. The van der Waals surface area contributed by atoms with Gasteiger partial charge in [-0.2, -0.15) is 22.0 Å². The molecule has 2 N–H and O–H groups in total. The van der Waals surface area contributed by atoms with Crippen LogP contribution in [0.15, 0.2) is 12.3 Å². The maximum Gasteiger partial charge on any atom is 0.459 e. The molecule has 0 saturated heterocycles. The van der Waals surface area contributed by atoms with Crippen LogP contribution in [0.5, 0.6) is 0 Å². The van der Waals surface area contributed by atoms with Crippen molar-refractivity contribution in [3.8, 4) is 0 Å². The smallest absolute Gasteiger partial charge is 0.367 e. The lowest BCUT2D eigenvalue weighted by atomic mass is 10.2. The molecular weight excluding hydrogens is 266 g/mol. The van der Waals surface area contributed by atoms with Crippen LogP contribution in [0, 0.1) is 5.82 Å². The SMILES string of the molecule is Nc1ncc2c(F)cc(C(F)(F)C(F)(F)F)n2n1. The molecule has 0 radical (unpaired) electrons. The number of nitrogens with zero attached hydrogens (tertiary/aromatic N) is 3. The van der Waals surface area contributed by atoms with Crippen LogP contribution in [-0.4, -0.2) is 20.8 Å². The zero-order valence-corrected chi connectivity index (χ0v) is 8.34. The molecule has 0 amide bonds. The minimum Gasteiger partial charge on any atom is -0.367 e. The second kappa shape index (κ2) is 3.50. The third-order valence-electron chi connectivity index (χ3n) is 2.16. The normalized spacial score (nSPS) is 13.2. The Labute approximate surface area is 95.0 Å². The molecule has 0 saturated carbocycles. The van der Waals surface area contributed by atoms with E-state index in [1.807, 2.05) is 0 Å². The Morgan fingerprint density at radius 2 is 1.78 bits per heavy atom. The van der Waals surface area contributed by atoms with Gasteiger partial charge in [0.25, 0.3) is 0 Å². The molecule has 18 heavy (non-hydrogen) atoms. The average molecular weight is 270 g/mol. The van der Waals surface area contributed by atoms with Crippen LogP contribution in [0.1, 0.15) is 5.69 Å². The van der Waals surface area contributed by atoms with Crippen LogP contribution >= 0.6 is 0 Å². The van der Waals surface area contributed by atoms with E-state index in [1.54, 1.807) is 0 Å². The van der Waals surface area contributed by atoms with E-state index in [0.717, 1.165) is 0 Å². The van der Waals surface area contributed by atoms with Gasteiger partial charge in [-0.25, -0.2) is 13.9 Å². The first-order valence-electron chi connectivity index (χ1n) is 4.39. The van der Waals surface area contributed by atoms with Crippen LogP contribution in [0.3, 0.4) is 0 Å². The Morgan fingerprint density at radius 3 is 2.33 bits per heavy atom. The number of alkyl halides is 5. The summed E-state index contributed by atoms with van der Waals surface area (Å²) in [5, 5.41) is 3.14. The molecule has 0 aliphatic rings. The van der Waals surface area contributed by atoms with Gasteiger partial charge in [0.2, 0.25) is 5.95 Å². The number of halogens is 6. The van der Waals surface area contributed by atoms with Crippen molar-refractivity contribution in [2.24, 2.45) is 0 Å². The van der Waals surface area contributed by atoms with Crippen molar-refractivity contribution in [2.45, 2.75) is 12.1 Å². The number of nitrogens with two attached hydrogens (primary N) is 1. The van der Waals surface area contributed by atoms with Gasteiger partial charge in [-0.15, -0.1) is 5.10 Å². The lowest BCUT2D eigenvalue weighted by Crippen LogP contribution is -2.35. The van der Waals surface area contributed by atoms with Gasteiger partial charge in [0.05, 0.1) is 6.20 Å². The van der Waals surface area contributed by atoms with E-state index in [0.29, 0.717) is 6.20 Å². The fourth-order valence-corrected chi connectivity index (χ4v) is 1.33. The predicted molar refractivity (Wildman–Crippen MR) is 47.3 cm³/mol. The number of nitrogen functional groups attached to an aromatic ring is 1. The Morgan fingerprint density at radius 1 is 1.17 bits per heavy atom. The van der Waals surface area contributed by atoms with Crippen molar-refractivity contribution < 1.29 is 26.3 Å². The van der Waals surface area contributed by atoms with Gasteiger partial charge >= 0.3 is 12.1 Å². The molecule has 0 aliphatic heterocycles. The van der Waals surface area contributed by atoms with Crippen molar-refractivity contribution in [2.75, 3.05) is 5.73 Å². The molecular formula is C8H4F6N4. The molecule has 2 heterocycles. The molecule has 2 aromatic rings. The summed E-state index contributed by atoms with van der Waals surface area (Å²) in [5.41, 5.74) is 2.78. The molecule has 0 unspecified atom stereocenters. The molecule has 4 nitrogen and oxygen atoms in total. The van der Waals surface area contributed by atoms with Gasteiger partial charge in [-0.1, -0.05) is 0 Å². The zero-order chi connectivity index (χ0) is 13.7. The highest BCUT2D eigenvalue weighted by Crippen LogP contribution is 2.44. The summed E-state index contributed by atoms with van der Waals surface area (Å²) in [6.07, 6.45) is -5.15. The van der Waals surface area contributed by atoms with E-state index in [2.05, 4.69) is 10.1 Å². The maximum atomic E-state index is 13.2. The third kappa shape index (κ3) is 1.64. The lowest BCUT2D eigenvalue weighted by Gasteiger charge is -2.18. The quantitative estimate of drug-likeness (QED) is 0.807. The Kier molecular flexibility index (Phi) is 2.42. The zero-order valence-electron chi connectivity index (χ0n) is 8.34. The summed E-state index contributed by atoms with van der Waals surface area (Å²) in [4.78, 5) is 3.31. The average Bonchev–Trinajstić information content (AvgIpc) is 2.54. The van der Waals surface area contributed by atoms with E-state index in [1.165, 1.54) is 0 Å². The Hall–Kier alpha value is -2.00. The number of fused-ring (bicyclic) bond motifs is 1. The first-order valence-corrected chi connectivity index (χ1v) is 4.39. The van der Waals surface area contributed by atoms with Crippen LogP contribution in [0.25, 0.3) is 5.52 Å². The highest BCUT2D eigenvalue weighted by atomic mass is 19.4. The molecule has 2 aromatic heterocycles. The van der Waals surface area contributed by atoms with Crippen LogP contribution in [0.4, 0.5) is 32.3 Å². The predicted octanol–water partition coefficient (Wildman–Crippen LogP) is 2.10. The molecule has 0 aliphatic carbocycles. The molecule has 10 heteroatoms. The summed E-state index contributed by atoms with van der Waals surface area (Å²) >= 11 is 0. The third-order valence-corrected chi connectivity index (χ3v) is 2.16. The summed E-state index contributed by atoms with van der Waals surface area (Å²) in [6, 6.07) is 0.0525. The number of rotatable bonds is 1. The van der Waals surface area contributed by atoms with Crippen molar-refractivity contribution in [3.63, 3.8) is 0 Å². The van der Waals surface area contributed by atoms with E-state index < -0.39 is 35.1 Å². The highest BCUT2D eigenvalue weighted by molar-refractivity contribution is 5.50. The van der Waals surface area contributed by atoms with Crippen LogP contribution in [-0.2, 0) is 5.92 Å². The number of hydrogen-bond donors (Lipinski definition) is 1. The van der Waals surface area contributed by atoms with E-state index in [4.69, 9.17) is 5.73 Å². The van der Waals surface area contributed by atoms with Crippen molar-refractivity contribution in [1.29, 1.82) is 0 Å². The number of aromatic nitrogens is 3. The topological polar surface area (TPSA) is 56.2 Å². The van der Waals surface area contributed by atoms with E-state index >= 15 is 0 Å².